The summed E-state index contributed by atoms with van der Waals surface area (Å²) in [5.41, 5.74) is 11.2. The molecular formula is C43H48N8O4. The minimum absolute atomic E-state index is 0.161. The summed E-state index contributed by atoms with van der Waals surface area (Å²) in [6, 6.07) is 26.7. The molecule has 6 aromatic rings. The number of anilines is 2. The standard InChI is InChI=1S/C23H26N4O3.C20H22N4O/c1-3-30-23(29)24-13-16-10-11-27(14-16)22-17-9-8-15(2)12-19(17)25-21(26-22)18-6-4-5-7-20(18)28;1-13-6-7-15-17(10-13)22-19(16-4-2-3-5-18(16)25)23-20(15)24-9-8-14(11-21)12-24/h4-9,12,16,28H,3,10-11,13-14H2,1-2H3,(H,24,29);2-7,10,14,25H,8-9,11-12,21H2,1H3/t16-;14-/m00/s1. The number of para-hydroxylation sites is 2. The van der Waals surface area contributed by atoms with Gasteiger partial charge in [-0.25, -0.2) is 24.7 Å². The molecular weight excluding hydrogens is 693 g/mol. The number of ether oxygens (including phenoxy) is 1. The van der Waals surface area contributed by atoms with Gasteiger partial charge in [-0.1, -0.05) is 36.4 Å². The smallest absolute Gasteiger partial charge is 0.407 e. The van der Waals surface area contributed by atoms with Gasteiger partial charge in [0.25, 0.3) is 0 Å². The third kappa shape index (κ3) is 8.39. The lowest BCUT2D eigenvalue weighted by Gasteiger charge is -2.21. The molecule has 0 unspecified atom stereocenters. The van der Waals surface area contributed by atoms with E-state index in [1.54, 1.807) is 31.2 Å². The van der Waals surface area contributed by atoms with Crippen LogP contribution in [-0.2, 0) is 4.74 Å². The topological polar surface area (TPSA) is 163 Å². The zero-order chi connectivity index (χ0) is 38.5. The van der Waals surface area contributed by atoms with Gasteiger partial charge < -0.3 is 35.8 Å². The molecule has 2 atom stereocenters. The molecule has 2 aliphatic rings. The van der Waals surface area contributed by atoms with E-state index in [1.165, 1.54) is 0 Å². The van der Waals surface area contributed by atoms with Crippen LogP contribution >= 0.6 is 0 Å². The molecule has 2 fully saturated rings. The third-order valence-electron chi connectivity index (χ3n) is 10.3. The molecule has 0 aliphatic carbocycles. The average Bonchev–Trinajstić information content (AvgIpc) is 3.87. The van der Waals surface area contributed by atoms with Crippen molar-refractivity contribution in [2.45, 2.75) is 33.6 Å². The van der Waals surface area contributed by atoms with Gasteiger partial charge in [0, 0.05) is 43.5 Å². The van der Waals surface area contributed by atoms with Gasteiger partial charge in [0.2, 0.25) is 0 Å². The number of hydrogen-bond acceptors (Lipinski definition) is 11. The number of benzene rings is 4. The fourth-order valence-corrected chi connectivity index (χ4v) is 7.31. The second-order valence-electron chi connectivity index (χ2n) is 14.4. The van der Waals surface area contributed by atoms with Crippen molar-refractivity contribution < 1.29 is 19.7 Å². The molecule has 12 heteroatoms. The van der Waals surface area contributed by atoms with E-state index >= 15 is 0 Å². The highest BCUT2D eigenvalue weighted by molar-refractivity contribution is 5.93. The molecule has 12 nitrogen and oxygen atoms in total. The molecule has 4 aromatic carbocycles. The third-order valence-corrected chi connectivity index (χ3v) is 10.3. The van der Waals surface area contributed by atoms with Crippen molar-refractivity contribution >= 4 is 39.5 Å². The minimum atomic E-state index is -0.374. The van der Waals surface area contributed by atoms with E-state index in [9.17, 15) is 15.0 Å². The molecule has 55 heavy (non-hydrogen) atoms. The Hall–Kier alpha value is -6.01. The number of nitrogens with zero attached hydrogens (tertiary/aromatic N) is 6. The number of fused-ring (bicyclic) bond motifs is 2. The highest BCUT2D eigenvalue weighted by Gasteiger charge is 2.27. The van der Waals surface area contributed by atoms with Crippen LogP contribution in [-0.4, -0.2) is 82.1 Å². The Labute approximate surface area is 321 Å². The summed E-state index contributed by atoms with van der Waals surface area (Å²) in [6.07, 6.45) is 1.66. The molecule has 8 rings (SSSR count). The first-order chi connectivity index (χ1) is 26.7. The van der Waals surface area contributed by atoms with Crippen molar-refractivity contribution in [3.63, 3.8) is 0 Å². The van der Waals surface area contributed by atoms with Gasteiger partial charge in [0.1, 0.15) is 23.1 Å². The van der Waals surface area contributed by atoms with Gasteiger partial charge in [0.15, 0.2) is 11.6 Å². The maximum atomic E-state index is 11.6. The van der Waals surface area contributed by atoms with Crippen LogP contribution in [0.1, 0.15) is 30.9 Å². The van der Waals surface area contributed by atoms with Crippen LogP contribution in [0.3, 0.4) is 0 Å². The number of hydrogen-bond donors (Lipinski definition) is 4. The maximum absolute atomic E-state index is 11.6. The monoisotopic (exact) mass is 740 g/mol. The highest BCUT2D eigenvalue weighted by atomic mass is 16.5. The van der Waals surface area contributed by atoms with Crippen molar-refractivity contribution in [3.05, 3.63) is 96.1 Å². The van der Waals surface area contributed by atoms with Gasteiger partial charge >= 0.3 is 6.09 Å². The van der Waals surface area contributed by atoms with Gasteiger partial charge in [-0.15, -0.1) is 0 Å². The Morgan fingerprint density at radius 2 is 1.24 bits per heavy atom. The number of nitrogens with two attached hydrogens (primary N) is 1. The van der Waals surface area contributed by atoms with E-state index < -0.39 is 0 Å². The second-order valence-corrected chi connectivity index (χ2v) is 14.4. The van der Waals surface area contributed by atoms with Crippen molar-refractivity contribution in [1.29, 1.82) is 0 Å². The molecule has 2 saturated heterocycles. The fourth-order valence-electron chi connectivity index (χ4n) is 7.31. The Morgan fingerprint density at radius 3 is 1.71 bits per heavy atom. The summed E-state index contributed by atoms with van der Waals surface area (Å²) in [4.78, 5) is 35.2. The number of aromatic nitrogens is 4. The summed E-state index contributed by atoms with van der Waals surface area (Å²) in [5.74, 6) is 4.03. The lowest BCUT2D eigenvalue weighted by atomic mass is 10.1. The molecule has 5 N–H and O–H groups in total. The summed E-state index contributed by atoms with van der Waals surface area (Å²) < 4.78 is 4.95. The Morgan fingerprint density at radius 1 is 0.745 bits per heavy atom. The fraction of sp³-hybridized carbons (Fsp3) is 0.326. The molecule has 1 amide bonds. The summed E-state index contributed by atoms with van der Waals surface area (Å²) in [5, 5.41) is 25.4. The predicted molar refractivity (Wildman–Crippen MR) is 217 cm³/mol. The lowest BCUT2D eigenvalue weighted by molar-refractivity contribution is 0.151. The van der Waals surface area contributed by atoms with Crippen LogP contribution in [0.15, 0.2) is 84.9 Å². The number of aromatic hydroxyl groups is 2. The molecule has 4 heterocycles. The van der Waals surface area contributed by atoms with Gasteiger partial charge in [-0.3, -0.25) is 0 Å². The molecule has 2 aliphatic heterocycles. The SMILES string of the molecule is CCOC(=O)NC[C@@H]1CCN(c2nc(-c3ccccc3O)nc3cc(C)ccc23)C1.Cc1ccc2c(N3CC[C@@H](CN)C3)nc(-c3ccccc3O)nc2c1. The number of nitrogens with one attached hydrogen (secondary N) is 1. The van der Waals surface area contributed by atoms with Gasteiger partial charge in [0.05, 0.1) is 28.8 Å². The molecule has 0 spiro atoms. The van der Waals surface area contributed by atoms with Crippen LogP contribution in [0.25, 0.3) is 44.6 Å². The Bertz CT molecular complexity index is 2320. The lowest BCUT2D eigenvalue weighted by Crippen LogP contribution is -2.31. The predicted octanol–water partition coefficient (Wildman–Crippen LogP) is 6.98. The average molecular weight is 741 g/mol. The van der Waals surface area contributed by atoms with E-state index in [2.05, 4.69) is 52.4 Å². The first-order valence-electron chi connectivity index (χ1n) is 18.9. The number of alkyl carbamates (subject to hydrolysis) is 1. The number of aryl methyl sites for hydroxylation is 2. The molecule has 0 radical (unpaired) electrons. The Balaban J connectivity index is 0.000000172. The van der Waals surface area contributed by atoms with Crippen molar-refractivity contribution in [1.82, 2.24) is 25.3 Å². The van der Waals surface area contributed by atoms with Crippen LogP contribution in [0, 0.1) is 25.7 Å². The van der Waals surface area contributed by atoms with Gasteiger partial charge in [-0.2, -0.15) is 0 Å². The quantitative estimate of drug-likeness (QED) is 0.127. The van der Waals surface area contributed by atoms with E-state index in [0.29, 0.717) is 54.3 Å². The number of rotatable bonds is 8. The zero-order valence-corrected chi connectivity index (χ0v) is 31.6. The van der Waals surface area contributed by atoms with Crippen LogP contribution in [0.5, 0.6) is 11.5 Å². The molecule has 0 bridgehead atoms. The maximum Gasteiger partial charge on any atom is 0.407 e. The number of phenolic OH excluding ortho intramolecular Hbond substituents is 2. The largest absolute Gasteiger partial charge is 0.507 e. The van der Waals surface area contributed by atoms with Crippen LogP contribution < -0.4 is 20.9 Å². The van der Waals surface area contributed by atoms with Crippen LogP contribution in [0.4, 0.5) is 16.4 Å². The number of phenols is 2. The van der Waals surface area contributed by atoms with E-state index in [0.717, 1.165) is 83.6 Å². The summed E-state index contributed by atoms with van der Waals surface area (Å²) in [6.45, 7) is 11.0. The molecule has 284 valence electrons. The van der Waals surface area contributed by atoms with Gasteiger partial charge in [-0.05, 0) is 112 Å². The first kappa shape index (κ1) is 37.3. The van der Waals surface area contributed by atoms with E-state index in [-0.39, 0.29) is 17.6 Å². The summed E-state index contributed by atoms with van der Waals surface area (Å²) >= 11 is 0. The van der Waals surface area contributed by atoms with Crippen molar-refractivity contribution in [3.8, 4) is 34.3 Å². The van der Waals surface area contributed by atoms with E-state index in [1.807, 2.05) is 37.3 Å². The van der Waals surface area contributed by atoms with Crippen LogP contribution in [0.2, 0.25) is 0 Å². The molecule has 2 aromatic heterocycles. The normalized spacial score (nSPS) is 16.7. The number of carbonyl (C=O) groups excluding carboxylic acids is 1. The highest BCUT2D eigenvalue weighted by Crippen LogP contribution is 2.35. The first-order valence-corrected chi connectivity index (χ1v) is 18.9. The number of carbonyl (C=O) groups is 1. The summed E-state index contributed by atoms with van der Waals surface area (Å²) in [7, 11) is 0. The second kappa shape index (κ2) is 16.6. The van der Waals surface area contributed by atoms with Crippen molar-refractivity contribution in [2.75, 3.05) is 55.7 Å². The van der Waals surface area contributed by atoms with E-state index in [4.69, 9.17) is 30.4 Å². The van der Waals surface area contributed by atoms with Crippen molar-refractivity contribution in [2.24, 2.45) is 17.6 Å². The minimum Gasteiger partial charge on any atom is -0.507 e. The number of amides is 1. The Kier molecular flexibility index (Phi) is 11.2. The zero-order valence-electron chi connectivity index (χ0n) is 31.6. The molecule has 0 saturated carbocycles.